The van der Waals surface area contributed by atoms with Crippen LogP contribution in [0.25, 0.3) is 5.69 Å². The van der Waals surface area contributed by atoms with Gasteiger partial charge in [0.05, 0.1) is 31.6 Å². The van der Waals surface area contributed by atoms with Crippen molar-refractivity contribution < 1.29 is 9.47 Å². The molecule has 2 aromatic carbocycles. The molecule has 0 unspecified atom stereocenters. The molecular weight excluding hydrogens is 512 g/mol. The minimum absolute atomic E-state index is 0.176. The number of anilines is 1. The lowest BCUT2D eigenvalue weighted by atomic mass is 10.0. The van der Waals surface area contributed by atoms with Gasteiger partial charge in [0.2, 0.25) is 0 Å². The zero-order valence-corrected chi connectivity index (χ0v) is 21.1. The fourth-order valence-corrected chi connectivity index (χ4v) is 5.12. The van der Waals surface area contributed by atoms with Gasteiger partial charge in [0.25, 0.3) is 0 Å². The lowest BCUT2D eigenvalue weighted by Crippen LogP contribution is -2.30. The third kappa shape index (κ3) is 4.03. The summed E-state index contributed by atoms with van der Waals surface area (Å²) >= 11 is 9.49. The van der Waals surface area contributed by atoms with E-state index in [1.54, 1.807) is 20.4 Å². The molecule has 0 bridgehead atoms. The number of methoxy groups -OCH3 is 2. The first-order valence-corrected chi connectivity index (χ1v) is 12.0. The molecule has 8 heteroatoms. The SMILES string of the molecule is COc1ccc(OC)c(N2C(=S)N[C@H](c3ccccn3)[C@H]2c2cccn2-c2cccc(Br)c2)c1. The van der Waals surface area contributed by atoms with Crippen molar-refractivity contribution >= 4 is 38.9 Å². The second-order valence-electron chi connectivity index (χ2n) is 7.82. The van der Waals surface area contributed by atoms with E-state index < -0.39 is 0 Å². The molecular formula is C26H23BrN4O2S. The van der Waals surface area contributed by atoms with Crippen LogP contribution >= 0.6 is 28.1 Å². The minimum Gasteiger partial charge on any atom is -0.497 e. The van der Waals surface area contributed by atoms with Crippen molar-refractivity contribution in [2.24, 2.45) is 0 Å². The van der Waals surface area contributed by atoms with Crippen LogP contribution in [0.3, 0.4) is 0 Å². The number of benzene rings is 2. The largest absolute Gasteiger partial charge is 0.497 e. The molecule has 2 atom stereocenters. The van der Waals surface area contributed by atoms with E-state index in [2.05, 4.69) is 60.1 Å². The zero-order chi connectivity index (χ0) is 23.7. The van der Waals surface area contributed by atoms with Crippen molar-refractivity contribution in [3.63, 3.8) is 0 Å². The molecule has 4 aromatic rings. The Hall–Kier alpha value is -3.36. The molecule has 0 radical (unpaired) electrons. The number of rotatable bonds is 6. The van der Waals surface area contributed by atoms with Crippen molar-refractivity contribution in [3.05, 3.63) is 101 Å². The van der Waals surface area contributed by atoms with Crippen molar-refractivity contribution in [2.75, 3.05) is 19.1 Å². The maximum Gasteiger partial charge on any atom is 0.174 e. The number of hydrogen-bond donors (Lipinski definition) is 1. The van der Waals surface area contributed by atoms with E-state index in [9.17, 15) is 0 Å². The summed E-state index contributed by atoms with van der Waals surface area (Å²) in [6.07, 6.45) is 3.87. The topological polar surface area (TPSA) is 51.6 Å². The number of nitrogens with one attached hydrogen (secondary N) is 1. The van der Waals surface area contributed by atoms with Gasteiger partial charge in [-0.1, -0.05) is 28.1 Å². The summed E-state index contributed by atoms with van der Waals surface area (Å²) in [5, 5.41) is 4.10. The smallest absolute Gasteiger partial charge is 0.174 e. The Morgan fingerprint density at radius 2 is 1.85 bits per heavy atom. The molecule has 6 nitrogen and oxygen atoms in total. The molecule has 1 fully saturated rings. The molecule has 1 saturated heterocycles. The maximum absolute atomic E-state index is 5.89. The number of pyridine rings is 1. The zero-order valence-electron chi connectivity index (χ0n) is 18.7. The maximum atomic E-state index is 5.89. The molecule has 172 valence electrons. The predicted octanol–water partition coefficient (Wildman–Crippen LogP) is 5.83. The predicted molar refractivity (Wildman–Crippen MR) is 141 cm³/mol. The lowest BCUT2D eigenvalue weighted by molar-refractivity contribution is 0.402. The van der Waals surface area contributed by atoms with Gasteiger partial charge >= 0.3 is 0 Å². The van der Waals surface area contributed by atoms with Gasteiger partial charge in [-0.05, 0) is 66.8 Å². The van der Waals surface area contributed by atoms with E-state index in [1.165, 1.54) is 0 Å². The van der Waals surface area contributed by atoms with Gasteiger partial charge < -0.3 is 24.3 Å². The number of thiocarbonyl (C=S) groups is 1. The summed E-state index contributed by atoms with van der Waals surface area (Å²) in [5.41, 5.74) is 3.83. The number of aromatic nitrogens is 2. The third-order valence-electron chi connectivity index (χ3n) is 5.91. The first kappa shape index (κ1) is 22.4. The summed E-state index contributed by atoms with van der Waals surface area (Å²) < 4.78 is 14.4. The van der Waals surface area contributed by atoms with Crippen LogP contribution in [-0.2, 0) is 0 Å². The Morgan fingerprint density at radius 3 is 2.59 bits per heavy atom. The summed E-state index contributed by atoms with van der Waals surface area (Å²) in [6, 6.07) is 23.7. The van der Waals surface area contributed by atoms with Gasteiger partial charge in [0.15, 0.2) is 5.11 Å². The number of nitrogens with zero attached hydrogens (tertiary/aromatic N) is 3. The molecule has 0 spiro atoms. The highest BCUT2D eigenvalue weighted by atomic mass is 79.9. The summed E-state index contributed by atoms with van der Waals surface area (Å²) in [5.74, 6) is 1.43. The average Bonchev–Trinajstić information content (AvgIpc) is 3.48. The van der Waals surface area contributed by atoms with Crippen LogP contribution in [0.4, 0.5) is 5.69 Å². The molecule has 1 aliphatic heterocycles. The minimum atomic E-state index is -0.197. The number of ether oxygens (including phenoxy) is 2. The van der Waals surface area contributed by atoms with Crippen LogP contribution in [0, 0.1) is 0 Å². The summed E-state index contributed by atoms with van der Waals surface area (Å²) in [7, 11) is 3.31. The second kappa shape index (κ2) is 9.48. The quantitative estimate of drug-likeness (QED) is 0.314. The normalized spacial score (nSPS) is 17.5. The Bertz CT molecular complexity index is 1330. The van der Waals surface area contributed by atoms with Crippen molar-refractivity contribution in [2.45, 2.75) is 12.1 Å². The molecule has 1 N–H and O–H groups in total. The van der Waals surface area contributed by atoms with Crippen LogP contribution in [0.2, 0.25) is 0 Å². The molecule has 3 heterocycles. The average molecular weight is 535 g/mol. The fourth-order valence-electron chi connectivity index (χ4n) is 4.40. The second-order valence-corrected chi connectivity index (χ2v) is 9.12. The van der Waals surface area contributed by atoms with Crippen LogP contribution in [0.1, 0.15) is 23.5 Å². The highest BCUT2D eigenvalue weighted by Gasteiger charge is 2.43. The van der Waals surface area contributed by atoms with Crippen molar-refractivity contribution in [1.82, 2.24) is 14.9 Å². The third-order valence-corrected chi connectivity index (χ3v) is 6.72. The molecule has 5 rings (SSSR count). The van der Waals surface area contributed by atoms with Crippen LogP contribution in [0.5, 0.6) is 11.5 Å². The van der Waals surface area contributed by atoms with Gasteiger partial charge in [-0.25, -0.2) is 0 Å². The van der Waals surface area contributed by atoms with Gasteiger partial charge in [0.1, 0.15) is 17.5 Å². The Kier molecular flexibility index (Phi) is 6.26. The Labute approximate surface area is 212 Å². The van der Waals surface area contributed by atoms with Crippen molar-refractivity contribution in [1.29, 1.82) is 0 Å². The van der Waals surface area contributed by atoms with E-state index in [0.717, 1.165) is 33.0 Å². The highest BCUT2D eigenvalue weighted by molar-refractivity contribution is 9.10. The summed E-state index contributed by atoms with van der Waals surface area (Å²) in [4.78, 5) is 6.75. The van der Waals surface area contributed by atoms with E-state index in [1.807, 2.05) is 54.6 Å². The van der Waals surface area contributed by atoms with Gasteiger partial charge in [-0.3, -0.25) is 4.98 Å². The monoisotopic (exact) mass is 534 g/mol. The fraction of sp³-hybridized carbons (Fsp3) is 0.154. The number of hydrogen-bond acceptors (Lipinski definition) is 4. The van der Waals surface area contributed by atoms with Crippen molar-refractivity contribution in [3.8, 4) is 17.2 Å². The van der Waals surface area contributed by atoms with Crippen LogP contribution in [-0.4, -0.2) is 28.9 Å². The van der Waals surface area contributed by atoms with E-state index in [-0.39, 0.29) is 12.1 Å². The molecule has 2 aromatic heterocycles. The Morgan fingerprint density at radius 1 is 0.971 bits per heavy atom. The van der Waals surface area contributed by atoms with Gasteiger partial charge in [-0.15, -0.1) is 0 Å². The Balaban J connectivity index is 1.71. The lowest BCUT2D eigenvalue weighted by Gasteiger charge is -2.30. The van der Waals surface area contributed by atoms with Gasteiger partial charge in [0, 0.05) is 34.3 Å². The van der Waals surface area contributed by atoms with E-state index in [0.29, 0.717) is 10.9 Å². The molecule has 0 amide bonds. The first-order chi connectivity index (χ1) is 16.6. The van der Waals surface area contributed by atoms with E-state index >= 15 is 0 Å². The van der Waals surface area contributed by atoms with E-state index in [4.69, 9.17) is 21.7 Å². The number of halogens is 1. The van der Waals surface area contributed by atoms with Crippen LogP contribution in [0.15, 0.2) is 89.7 Å². The standard InChI is InChI=1S/C26H23BrN4O2S/c1-32-19-11-12-23(33-2)22(16-19)31-25(24(29-26(31)34)20-9-3-4-13-28-20)21-10-6-14-30(21)18-8-5-7-17(27)15-18/h3-16,24-25H,1-2H3,(H,29,34)/t24-,25-/m1/s1. The molecule has 0 aliphatic carbocycles. The first-order valence-electron chi connectivity index (χ1n) is 10.8. The molecule has 1 aliphatic rings. The van der Waals surface area contributed by atoms with Crippen LogP contribution < -0.4 is 19.7 Å². The van der Waals surface area contributed by atoms with Gasteiger partial charge in [-0.2, -0.15) is 0 Å². The molecule has 34 heavy (non-hydrogen) atoms. The highest BCUT2D eigenvalue weighted by Crippen LogP contribution is 2.46. The summed E-state index contributed by atoms with van der Waals surface area (Å²) in [6.45, 7) is 0. The molecule has 0 saturated carbocycles.